The van der Waals surface area contributed by atoms with Crippen molar-refractivity contribution in [1.29, 1.82) is 0 Å². The smallest absolute Gasteiger partial charge is 0.416 e. The molecule has 0 saturated carbocycles. The fourth-order valence-electron chi connectivity index (χ4n) is 1.88. The highest BCUT2D eigenvalue weighted by Crippen LogP contribution is 2.31. The molecule has 112 valence electrons. The van der Waals surface area contributed by atoms with Gasteiger partial charge in [-0.05, 0) is 59.2 Å². The molecule has 0 aromatic heterocycles. The van der Waals surface area contributed by atoms with Crippen molar-refractivity contribution in [2.24, 2.45) is 0 Å². The van der Waals surface area contributed by atoms with Crippen molar-refractivity contribution in [3.63, 3.8) is 0 Å². The summed E-state index contributed by atoms with van der Waals surface area (Å²) in [5, 5.41) is 0. The predicted molar refractivity (Wildman–Crippen MR) is 85.2 cm³/mol. The van der Waals surface area contributed by atoms with Crippen molar-refractivity contribution in [3.05, 3.63) is 59.7 Å². The lowest BCUT2D eigenvalue weighted by Gasteiger charge is -2.10. The van der Waals surface area contributed by atoms with E-state index < -0.39 is 11.7 Å². The van der Waals surface area contributed by atoms with Crippen LogP contribution in [0.1, 0.15) is 17.5 Å². The number of benzene rings is 2. The number of hydrogen-bond donors (Lipinski definition) is 0. The molecular formula is C16H14F3IO. The van der Waals surface area contributed by atoms with Gasteiger partial charge in [0.1, 0.15) is 11.5 Å². The zero-order valence-electron chi connectivity index (χ0n) is 11.2. The zero-order valence-corrected chi connectivity index (χ0v) is 13.3. The third-order valence-electron chi connectivity index (χ3n) is 2.91. The molecule has 0 aliphatic heterocycles. The molecular weight excluding hydrogens is 392 g/mol. The number of aryl methyl sites for hydroxylation is 1. The van der Waals surface area contributed by atoms with Crippen LogP contribution in [0.2, 0.25) is 0 Å². The molecule has 0 radical (unpaired) electrons. The quantitative estimate of drug-likeness (QED) is 0.446. The van der Waals surface area contributed by atoms with E-state index in [1.165, 1.54) is 12.1 Å². The Morgan fingerprint density at radius 2 is 1.67 bits per heavy atom. The maximum atomic E-state index is 12.5. The van der Waals surface area contributed by atoms with E-state index in [4.69, 9.17) is 4.74 Å². The summed E-state index contributed by atoms with van der Waals surface area (Å²) < 4.78 is 44.1. The van der Waals surface area contributed by atoms with Crippen LogP contribution in [0.15, 0.2) is 48.5 Å². The molecule has 0 aliphatic rings. The Morgan fingerprint density at radius 3 is 2.29 bits per heavy atom. The first-order chi connectivity index (χ1) is 9.99. The number of ether oxygens (including phenoxy) is 1. The summed E-state index contributed by atoms with van der Waals surface area (Å²) in [5.74, 6) is 1.04. The van der Waals surface area contributed by atoms with Crippen LogP contribution in [0.5, 0.6) is 11.5 Å². The van der Waals surface area contributed by atoms with Crippen LogP contribution >= 0.6 is 22.6 Å². The Bertz CT molecular complexity index is 579. The van der Waals surface area contributed by atoms with Gasteiger partial charge in [0, 0.05) is 0 Å². The molecule has 0 N–H and O–H groups in total. The molecule has 1 nitrogen and oxygen atoms in total. The van der Waals surface area contributed by atoms with Gasteiger partial charge < -0.3 is 4.74 Å². The lowest BCUT2D eigenvalue weighted by Crippen LogP contribution is -2.03. The van der Waals surface area contributed by atoms with Crippen molar-refractivity contribution in [2.45, 2.75) is 19.0 Å². The van der Waals surface area contributed by atoms with Gasteiger partial charge in [-0.3, -0.25) is 0 Å². The second-order valence-corrected chi connectivity index (χ2v) is 5.64. The van der Waals surface area contributed by atoms with Crippen molar-refractivity contribution >= 4 is 22.6 Å². The molecule has 0 amide bonds. The normalized spacial score (nSPS) is 11.4. The van der Waals surface area contributed by atoms with Gasteiger partial charge in [0.05, 0.1) is 5.56 Å². The molecule has 0 atom stereocenters. The minimum Gasteiger partial charge on any atom is -0.457 e. The molecule has 5 heteroatoms. The molecule has 0 heterocycles. The zero-order chi connectivity index (χ0) is 15.3. The van der Waals surface area contributed by atoms with Gasteiger partial charge in [-0.15, -0.1) is 0 Å². The Balaban J connectivity index is 2.07. The van der Waals surface area contributed by atoms with Crippen LogP contribution in [0.25, 0.3) is 0 Å². The molecule has 0 spiro atoms. The van der Waals surface area contributed by atoms with Crippen molar-refractivity contribution in [1.82, 2.24) is 0 Å². The topological polar surface area (TPSA) is 9.23 Å². The monoisotopic (exact) mass is 406 g/mol. The van der Waals surface area contributed by atoms with Gasteiger partial charge in [-0.2, -0.15) is 13.2 Å². The average molecular weight is 406 g/mol. The van der Waals surface area contributed by atoms with E-state index in [1.807, 2.05) is 18.2 Å². The highest BCUT2D eigenvalue weighted by Gasteiger charge is 2.30. The molecule has 0 aliphatic carbocycles. The number of hydrogen-bond acceptors (Lipinski definition) is 1. The van der Waals surface area contributed by atoms with Crippen molar-refractivity contribution in [3.8, 4) is 11.5 Å². The molecule has 2 aromatic carbocycles. The summed E-state index contributed by atoms with van der Waals surface area (Å²) in [4.78, 5) is 0. The minimum absolute atomic E-state index is 0.397. The van der Waals surface area contributed by atoms with E-state index in [0.29, 0.717) is 11.5 Å². The summed E-state index contributed by atoms with van der Waals surface area (Å²) in [6.07, 6.45) is -2.27. The highest BCUT2D eigenvalue weighted by atomic mass is 127. The SMILES string of the molecule is FC(F)(F)c1ccc(Oc2cccc(CCCI)c2)cc1. The molecule has 0 saturated heterocycles. The number of alkyl halides is 4. The summed E-state index contributed by atoms with van der Waals surface area (Å²) >= 11 is 2.33. The second-order valence-electron chi connectivity index (χ2n) is 4.56. The summed E-state index contributed by atoms with van der Waals surface area (Å²) in [6, 6.07) is 12.3. The van der Waals surface area contributed by atoms with Crippen LogP contribution < -0.4 is 4.74 Å². The van der Waals surface area contributed by atoms with Gasteiger partial charge in [0.15, 0.2) is 0 Å². The maximum absolute atomic E-state index is 12.5. The minimum atomic E-state index is -4.32. The highest BCUT2D eigenvalue weighted by molar-refractivity contribution is 14.1. The maximum Gasteiger partial charge on any atom is 0.416 e. The van der Waals surface area contributed by atoms with E-state index in [0.717, 1.165) is 35.0 Å². The average Bonchev–Trinajstić information content (AvgIpc) is 2.45. The van der Waals surface area contributed by atoms with E-state index in [-0.39, 0.29) is 0 Å². The summed E-state index contributed by atoms with van der Waals surface area (Å²) in [6.45, 7) is 0. The van der Waals surface area contributed by atoms with Crippen molar-refractivity contribution < 1.29 is 17.9 Å². The first kappa shape index (κ1) is 16.1. The van der Waals surface area contributed by atoms with Crippen molar-refractivity contribution in [2.75, 3.05) is 4.43 Å². The largest absolute Gasteiger partial charge is 0.457 e. The molecule has 0 fully saturated rings. The van der Waals surface area contributed by atoms with E-state index >= 15 is 0 Å². The fourth-order valence-corrected chi connectivity index (χ4v) is 2.26. The van der Waals surface area contributed by atoms with Crippen LogP contribution in [0.4, 0.5) is 13.2 Å². The lowest BCUT2D eigenvalue weighted by molar-refractivity contribution is -0.137. The standard InChI is InChI=1S/C16H14F3IO/c17-16(18,19)13-6-8-14(9-7-13)21-15-5-1-3-12(11-15)4-2-10-20/h1,3,5-9,11H,2,4,10H2. The second kappa shape index (κ2) is 7.15. The van der Waals surface area contributed by atoms with Crippen LogP contribution in [0.3, 0.4) is 0 Å². The van der Waals surface area contributed by atoms with Gasteiger partial charge >= 0.3 is 6.18 Å². The molecule has 0 bridgehead atoms. The van der Waals surface area contributed by atoms with E-state index in [2.05, 4.69) is 22.6 Å². The van der Waals surface area contributed by atoms with Crippen LogP contribution in [-0.4, -0.2) is 4.43 Å². The fraction of sp³-hybridized carbons (Fsp3) is 0.250. The van der Waals surface area contributed by atoms with Crippen LogP contribution in [0, 0.1) is 0 Å². The van der Waals surface area contributed by atoms with E-state index in [9.17, 15) is 13.2 Å². The van der Waals surface area contributed by atoms with Gasteiger partial charge in [0.25, 0.3) is 0 Å². The number of halogens is 4. The Kier molecular flexibility index (Phi) is 5.50. The molecule has 21 heavy (non-hydrogen) atoms. The van der Waals surface area contributed by atoms with Crippen LogP contribution in [-0.2, 0) is 12.6 Å². The van der Waals surface area contributed by atoms with Gasteiger partial charge in [-0.1, -0.05) is 34.7 Å². The molecule has 2 rings (SSSR count). The summed E-state index contributed by atoms with van der Waals surface area (Å²) in [5.41, 5.74) is 0.488. The Labute approximate surface area is 135 Å². The number of rotatable bonds is 5. The summed E-state index contributed by atoms with van der Waals surface area (Å²) in [7, 11) is 0. The lowest BCUT2D eigenvalue weighted by atomic mass is 10.1. The molecule has 2 aromatic rings. The first-order valence-corrected chi connectivity index (χ1v) is 8.01. The van der Waals surface area contributed by atoms with E-state index in [1.54, 1.807) is 6.07 Å². The van der Waals surface area contributed by atoms with Gasteiger partial charge in [0.2, 0.25) is 0 Å². The Hall–Kier alpha value is -1.24. The third kappa shape index (κ3) is 4.91. The van der Waals surface area contributed by atoms with Gasteiger partial charge in [-0.25, -0.2) is 0 Å². The molecule has 0 unspecified atom stereocenters. The Morgan fingerprint density at radius 1 is 0.952 bits per heavy atom. The first-order valence-electron chi connectivity index (χ1n) is 6.49. The predicted octanol–water partition coefficient (Wildman–Crippen LogP) is 5.87. The third-order valence-corrected chi connectivity index (χ3v) is 3.68.